The molecule has 0 aromatic heterocycles. The van der Waals surface area contributed by atoms with Crippen molar-refractivity contribution in [3.8, 4) is 0 Å². The fourth-order valence-electron chi connectivity index (χ4n) is 1.38. The van der Waals surface area contributed by atoms with Crippen LogP contribution in [-0.4, -0.2) is 17.1 Å². The van der Waals surface area contributed by atoms with Crippen LogP contribution in [0.4, 0.5) is 10.5 Å². The summed E-state index contributed by atoms with van der Waals surface area (Å²) in [6.45, 7) is 3.89. The molecule has 0 spiro atoms. The normalized spacial score (nSPS) is 9.44. The van der Waals surface area contributed by atoms with E-state index in [1.165, 1.54) is 6.08 Å². The van der Waals surface area contributed by atoms with Crippen LogP contribution < -0.4 is 10.6 Å². The second-order valence-corrected chi connectivity index (χ2v) is 4.07. The van der Waals surface area contributed by atoms with Gasteiger partial charge < -0.3 is 15.7 Å². The van der Waals surface area contributed by atoms with E-state index < -0.39 is 6.09 Å². The molecule has 96 valence electrons. The number of hydrogen-bond donors (Lipinski definition) is 3. The highest BCUT2D eigenvalue weighted by Crippen LogP contribution is 2.10. The quantitative estimate of drug-likeness (QED) is 0.716. The average Bonchev–Trinajstić information content (AvgIpc) is 2.25. The van der Waals surface area contributed by atoms with Crippen molar-refractivity contribution in [2.24, 2.45) is 0 Å². The number of carbonyl (C=O) groups excluding carboxylic acids is 1. The van der Waals surface area contributed by atoms with Gasteiger partial charge in [-0.3, -0.25) is 4.79 Å². The maximum absolute atomic E-state index is 11.5. The Labute approximate surface area is 106 Å². The van der Waals surface area contributed by atoms with Crippen molar-refractivity contribution in [2.75, 3.05) is 5.32 Å². The molecule has 0 heterocycles. The third-order valence-corrected chi connectivity index (χ3v) is 2.06. The zero-order valence-electron chi connectivity index (χ0n) is 10.4. The molecule has 0 unspecified atom stereocenters. The minimum atomic E-state index is -1.08. The first-order chi connectivity index (χ1) is 8.47. The predicted octanol–water partition coefficient (Wildman–Crippen LogP) is 2.36. The molecule has 0 fully saturated rings. The van der Waals surface area contributed by atoms with Crippen LogP contribution in [0.1, 0.15) is 19.4 Å². The molecule has 0 aliphatic rings. The largest absolute Gasteiger partial charge is 0.465 e. The number of hydrogen-bond acceptors (Lipinski definition) is 2. The van der Waals surface area contributed by atoms with Gasteiger partial charge in [0, 0.05) is 18.3 Å². The van der Waals surface area contributed by atoms with Crippen LogP contribution in [0, 0.1) is 0 Å². The van der Waals surface area contributed by atoms with Crippen LogP contribution in [0.15, 0.2) is 35.9 Å². The summed E-state index contributed by atoms with van der Waals surface area (Å²) in [5.41, 5.74) is 2.34. The van der Waals surface area contributed by atoms with Gasteiger partial charge >= 0.3 is 6.09 Å². The number of nitrogens with one attached hydrogen (secondary N) is 2. The molecule has 5 heteroatoms. The SMILES string of the molecule is CC(C)=CC(=O)Nc1cccc(CNC(=O)O)c1. The standard InChI is InChI=1S/C13H16N2O3/c1-9(2)6-12(16)15-11-5-3-4-10(7-11)8-14-13(17)18/h3-7,14H,8H2,1-2H3,(H,15,16)(H,17,18). The van der Waals surface area contributed by atoms with E-state index in [9.17, 15) is 9.59 Å². The van der Waals surface area contributed by atoms with E-state index in [1.54, 1.807) is 24.3 Å². The van der Waals surface area contributed by atoms with E-state index in [1.807, 2.05) is 13.8 Å². The molecule has 1 rings (SSSR count). The number of carboxylic acid groups (broad SMARTS) is 1. The highest BCUT2D eigenvalue weighted by Gasteiger charge is 2.01. The van der Waals surface area contributed by atoms with Gasteiger partial charge in [0.2, 0.25) is 5.91 Å². The maximum atomic E-state index is 11.5. The molecule has 0 atom stereocenters. The molecule has 0 saturated heterocycles. The van der Waals surface area contributed by atoms with E-state index in [0.717, 1.165) is 11.1 Å². The van der Waals surface area contributed by atoms with Gasteiger partial charge in [0.25, 0.3) is 0 Å². The Balaban J connectivity index is 2.67. The average molecular weight is 248 g/mol. The Morgan fingerprint density at radius 3 is 2.67 bits per heavy atom. The van der Waals surface area contributed by atoms with Crippen LogP contribution in [-0.2, 0) is 11.3 Å². The van der Waals surface area contributed by atoms with Gasteiger partial charge in [-0.05, 0) is 31.5 Å². The molecule has 3 N–H and O–H groups in total. The van der Waals surface area contributed by atoms with Gasteiger partial charge in [0.05, 0.1) is 0 Å². The molecule has 18 heavy (non-hydrogen) atoms. The summed E-state index contributed by atoms with van der Waals surface area (Å²) in [5.74, 6) is -0.196. The summed E-state index contributed by atoms with van der Waals surface area (Å²) in [4.78, 5) is 21.9. The molecule has 1 aromatic carbocycles. The highest BCUT2D eigenvalue weighted by molar-refractivity contribution is 5.99. The molecule has 0 aliphatic carbocycles. The van der Waals surface area contributed by atoms with E-state index in [2.05, 4.69) is 10.6 Å². The summed E-state index contributed by atoms with van der Waals surface area (Å²) < 4.78 is 0. The Bertz CT molecular complexity index is 477. The monoisotopic (exact) mass is 248 g/mol. The Hall–Kier alpha value is -2.30. The zero-order valence-corrected chi connectivity index (χ0v) is 10.4. The summed E-state index contributed by atoms with van der Waals surface area (Å²) >= 11 is 0. The van der Waals surface area contributed by atoms with Gasteiger partial charge in [-0.2, -0.15) is 0 Å². The number of anilines is 1. The third kappa shape index (κ3) is 5.16. The van der Waals surface area contributed by atoms with Crippen molar-refractivity contribution in [3.05, 3.63) is 41.5 Å². The van der Waals surface area contributed by atoms with Crippen molar-refractivity contribution in [2.45, 2.75) is 20.4 Å². The van der Waals surface area contributed by atoms with Crippen molar-refractivity contribution >= 4 is 17.7 Å². The first-order valence-electron chi connectivity index (χ1n) is 5.49. The maximum Gasteiger partial charge on any atom is 0.404 e. The summed E-state index contributed by atoms with van der Waals surface area (Å²) in [5, 5.41) is 13.5. The lowest BCUT2D eigenvalue weighted by Gasteiger charge is -2.06. The Morgan fingerprint density at radius 1 is 1.33 bits per heavy atom. The molecule has 5 nitrogen and oxygen atoms in total. The minimum Gasteiger partial charge on any atom is -0.465 e. The number of rotatable bonds is 4. The molecule has 2 amide bonds. The van der Waals surface area contributed by atoms with Crippen molar-refractivity contribution < 1.29 is 14.7 Å². The third-order valence-electron chi connectivity index (χ3n) is 2.06. The number of benzene rings is 1. The topological polar surface area (TPSA) is 78.4 Å². The Kier molecular flexibility index (Phi) is 4.92. The van der Waals surface area contributed by atoms with Crippen LogP contribution in [0.3, 0.4) is 0 Å². The van der Waals surface area contributed by atoms with Gasteiger partial charge in [-0.15, -0.1) is 0 Å². The van der Waals surface area contributed by atoms with Crippen molar-refractivity contribution in [3.63, 3.8) is 0 Å². The minimum absolute atomic E-state index is 0.196. The van der Waals surface area contributed by atoms with E-state index >= 15 is 0 Å². The second kappa shape index (κ2) is 6.44. The Morgan fingerprint density at radius 2 is 2.06 bits per heavy atom. The number of carbonyl (C=O) groups is 2. The molecule has 1 aromatic rings. The van der Waals surface area contributed by atoms with Crippen LogP contribution >= 0.6 is 0 Å². The van der Waals surface area contributed by atoms with Crippen molar-refractivity contribution in [1.82, 2.24) is 5.32 Å². The van der Waals surface area contributed by atoms with Gasteiger partial charge in [0.15, 0.2) is 0 Å². The van der Waals surface area contributed by atoms with E-state index in [4.69, 9.17) is 5.11 Å². The lowest BCUT2D eigenvalue weighted by atomic mass is 10.2. The van der Waals surface area contributed by atoms with E-state index in [0.29, 0.717) is 5.69 Å². The first-order valence-corrected chi connectivity index (χ1v) is 5.49. The highest BCUT2D eigenvalue weighted by atomic mass is 16.4. The number of amides is 2. The predicted molar refractivity (Wildman–Crippen MR) is 69.4 cm³/mol. The molecular weight excluding hydrogens is 232 g/mol. The van der Waals surface area contributed by atoms with Crippen molar-refractivity contribution in [1.29, 1.82) is 0 Å². The first kappa shape index (κ1) is 13.8. The summed E-state index contributed by atoms with van der Waals surface area (Å²) in [6.07, 6.45) is 0.427. The fraction of sp³-hybridized carbons (Fsp3) is 0.231. The van der Waals surface area contributed by atoms with E-state index in [-0.39, 0.29) is 12.5 Å². The fourth-order valence-corrected chi connectivity index (χ4v) is 1.38. The molecular formula is C13H16N2O3. The molecule has 0 radical (unpaired) electrons. The molecule has 0 aliphatic heterocycles. The summed E-state index contributed by atoms with van der Waals surface area (Å²) in [7, 11) is 0. The number of allylic oxidation sites excluding steroid dienone is 1. The smallest absolute Gasteiger partial charge is 0.404 e. The zero-order chi connectivity index (χ0) is 13.5. The lowest BCUT2D eigenvalue weighted by Crippen LogP contribution is -2.20. The van der Waals surface area contributed by atoms with Gasteiger partial charge in [-0.1, -0.05) is 17.7 Å². The lowest BCUT2D eigenvalue weighted by molar-refractivity contribution is -0.111. The summed E-state index contributed by atoms with van der Waals surface area (Å²) in [6, 6.07) is 7.02. The van der Waals surface area contributed by atoms with Gasteiger partial charge in [-0.25, -0.2) is 4.79 Å². The molecule has 0 saturated carbocycles. The van der Waals surface area contributed by atoms with Gasteiger partial charge in [0.1, 0.15) is 0 Å². The van der Waals surface area contributed by atoms with Crippen LogP contribution in [0.5, 0.6) is 0 Å². The molecule has 0 bridgehead atoms. The second-order valence-electron chi connectivity index (χ2n) is 4.07. The van der Waals surface area contributed by atoms with Crippen LogP contribution in [0.2, 0.25) is 0 Å². The van der Waals surface area contributed by atoms with Crippen LogP contribution in [0.25, 0.3) is 0 Å².